The first kappa shape index (κ1) is 16.0. The summed E-state index contributed by atoms with van der Waals surface area (Å²) >= 11 is 0. The van der Waals surface area contributed by atoms with Gasteiger partial charge in [-0.3, -0.25) is 0 Å². The minimum Gasteiger partial charge on any atom is -0.381 e. The maximum absolute atomic E-state index is 5.88. The smallest absolute Gasteiger partial charge is 0.125 e. The van der Waals surface area contributed by atoms with Gasteiger partial charge in [0.1, 0.15) is 5.82 Å². The Morgan fingerprint density at radius 1 is 1.32 bits per heavy atom. The van der Waals surface area contributed by atoms with Gasteiger partial charge in [0.15, 0.2) is 0 Å². The van der Waals surface area contributed by atoms with Crippen LogP contribution in [0.4, 0.5) is 0 Å². The summed E-state index contributed by atoms with van der Waals surface area (Å²) in [5.41, 5.74) is 0. The number of ether oxygens (including phenoxy) is 2. The van der Waals surface area contributed by atoms with Crippen molar-refractivity contribution >= 4 is 0 Å². The van der Waals surface area contributed by atoms with E-state index in [1.165, 1.54) is 0 Å². The van der Waals surface area contributed by atoms with Gasteiger partial charge in [0.2, 0.25) is 0 Å². The van der Waals surface area contributed by atoms with Gasteiger partial charge in [0.05, 0.1) is 18.2 Å². The summed E-state index contributed by atoms with van der Waals surface area (Å²) in [7, 11) is 2.09. The molecule has 1 aromatic heterocycles. The molecule has 124 valence electrons. The molecule has 1 N–H and O–H groups in total. The molecule has 5 nitrogen and oxygen atoms in total. The van der Waals surface area contributed by atoms with E-state index in [4.69, 9.17) is 9.47 Å². The highest BCUT2D eigenvalue weighted by atomic mass is 16.5. The maximum atomic E-state index is 5.88. The lowest BCUT2D eigenvalue weighted by Gasteiger charge is -2.41. The number of aryl methyl sites for hydroxylation is 1. The Balaban J connectivity index is 1.61. The fraction of sp³-hybridized carbons (Fsp3) is 0.824. The van der Waals surface area contributed by atoms with Gasteiger partial charge < -0.3 is 19.4 Å². The minimum absolute atomic E-state index is 0.326. The molecule has 1 atom stereocenters. The zero-order chi connectivity index (χ0) is 15.5. The van der Waals surface area contributed by atoms with Crippen molar-refractivity contribution in [3.8, 4) is 0 Å². The second kappa shape index (κ2) is 7.11. The highest BCUT2D eigenvalue weighted by Crippen LogP contribution is 2.33. The largest absolute Gasteiger partial charge is 0.381 e. The number of nitrogens with one attached hydrogen (secondary N) is 1. The Labute approximate surface area is 133 Å². The highest BCUT2D eigenvalue weighted by Gasteiger charge is 2.36. The third kappa shape index (κ3) is 3.70. The van der Waals surface area contributed by atoms with Crippen molar-refractivity contribution in [2.75, 3.05) is 13.2 Å². The molecule has 1 aliphatic heterocycles. The summed E-state index contributed by atoms with van der Waals surface area (Å²) in [6.45, 7) is 5.97. The Bertz CT molecular complexity index is 462. The van der Waals surface area contributed by atoms with Crippen LogP contribution in [0.5, 0.6) is 0 Å². The molecule has 0 spiro atoms. The third-order valence-corrected chi connectivity index (χ3v) is 4.85. The number of imidazole rings is 1. The van der Waals surface area contributed by atoms with Gasteiger partial charge in [-0.1, -0.05) is 0 Å². The van der Waals surface area contributed by atoms with E-state index in [1.807, 2.05) is 12.4 Å². The number of nitrogens with zero attached hydrogens (tertiary/aromatic N) is 2. The van der Waals surface area contributed by atoms with E-state index in [-0.39, 0.29) is 0 Å². The zero-order valence-electron chi connectivity index (χ0n) is 14.0. The van der Waals surface area contributed by atoms with Crippen LogP contribution in [0.15, 0.2) is 12.4 Å². The molecule has 2 aliphatic rings. The molecule has 0 amide bonds. The number of rotatable bonds is 6. The molecule has 2 heterocycles. The quantitative estimate of drug-likeness (QED) is 0.877. The second-order valence-electron chi connectivity index (χ2n) is 6.97. The van der Waals surface area contributed by atoms with Crippen LogP contribution in [0.3, 0.4) is 0 Å². The molecule has 1 saturated carbocycles. The topological polar surface area (TPSA) is 48.3 Å². The molecule has 1 unspecified atom stereocenters. The van der Waals surface area contributed by atoms with Gasteiger partial charge in [-0.2, -0.15) is 0 Å². The average Bonchev–Trinajstić information content (AvgIpc) is 2.88. The first-order chi connectivity index (χ1) is 10.6. The lowest BCUT2D eigenvalue weighted by molar-refractivity contribution is -0.0547. The lowest BCUT2D eigenvalue weighted by atomic mass is 9.85. The van der Waals surface area contributed by atoms with E-state index < -0.39 is 0 Å². The predicted octanol–water partition coefficient (Wildman–Crippen LogP) is 2.43. The summed E-state index contributed by atoms with van der Waals surface area (Å²) < 4.78 is 13.6. The van der Waals surface area contributed by atoms with Crippen LogP contribution in [0, 0.1) is 5.92 Å². The molecule has 22 heavy (non-hydrogen) atoms. The molecular weight excluding hydrogens is 278 g/mol. The van der Waals surface area contributed by atoms with Crippen LogP contribution < -0.4 is 5.32 Å². The van der Waals surface area contributed by atoms with Gasteiger partial charge in [-0.05, 0) is 45.4 Å². The van der Waals surface area contributed by atoms with Crippen LogP contribution in [0.2, 0.25) is 0 Å². The number of hydrogen-bond acceptors (Lipinski definition) is 4. The first-order valence-electron chi connectivity index (χ1n) is 8.60. The van der Waals surface area contributed by atoms with Gasteiger partial charge in [0.25, 0.3) is 0 Å². The third-order valence-electron chi connectivity index (χ3n) is 4.85. The minimum atomic E-state index is 0.326. The van der Waals surface area contributed by atoms with E-state index >= 15 is 0 Å². The molecule has 0 bridgehead atoms. The fourth-order valence-electron chi connectivity index (χ4n) is 3.60. The SMILES string of the molecule is CC(C)OC1CC(NC(c2nccn2C)C2CCOCC2)C1. The van der Waals surface area contributed by atoms with Crippen molar-refractivity contribution < 1.29 is 9.47 Å². The standard InChI is InChI=1S/C17H29N3O2/c1-12(2)22-15-10-14(11-15)19-16(13-4-8-21-9-5-13)17-18-6-7-20(17)3/h6-7,12-16,19H,4-5,8-11H2,1-3H3. The highest BCUT2D eigenvalue weighted by molar-refractivity contribution is 5.04. The number of hydrogen-bond donors (Lipinski definition) is 1. The van der Waals surface area contributed by atoms with Gasteiger partial charge >= 0.3 is 0 Å². The summed E-state index contributed by atoms with van der Waals surface area (Å²) in [6, 6.07) is 0.877. The van der Waals surface area contributed by atoms with E-state index in [9.17, 15) is 0 Å². The van der Waals surface area contributed by atoms with Crippen molar-refractivity contribution in [2.45, 2.75) is 63.8 Å². The average molecular weight is 307 g/mol. The van der Waals surface area contributed by atoms with Crippen LogP contribution >= 0.6 is 0 Å². The van der Waals surface area contributed by atoms with E-state index in [0.717, 1.165) is 44.7 Å². The predicted molar refractivity (Wildman–Crippen MR) is 85.7 cm³/mol. The Morgan fingerprint density at radius 2 is 2.05 bits per heavy atom. The van der Waals surface area contributed by atoms with Crippen molar-refractivity contribution in [3.63, 3.8) is 0 Å². The molecule has 1 aromatic rings. The molecule has 5 heteroatoms. The van der Waals surface area contributed by atoms with E-state index in [1.54, 1.807) is 0 Å². The van der Waals surface area contributed by atoms with Crippen LogP contribution in [-0.4, -0.2) is 41.0 Å². The van der Waals surface area contributed by atoms with Crippen molar-refractivity contribution in [2.24, 2.45) is 13.0 Å². The molecule has 0 aromatic carbocycles. The van der Waals surface area contributed by atoms with Crippen LogP contribution in [0.1, 0.15) is 51.4 Å². The second-order valence-corrected chi connectivity index (χ2v) is 6.97. The number of aromatic nitrogens is 2. The Hall–Kier alpha value is -0.910. The zero-order valence-corrected chi connectivity index (χ0v) is 14.0. The maximum Gasteiger partial charge on any atom is 0.125 e. The van der Waals surface area contributed by atoms with Crippen LogP contribution in [-0.2, 0) is 16.5 Å². The van der Waals surface area contributed by atoms with Crippen molar-refractivity contribution in [1.29, 1.82) is 0 Å². The summed E-state index contributed by atoms with van der Waals surface area (Å²) in [4.78, 5) is 4.60. The lowest BCUT2D eigenvalue weighted by Crippen LogP contribution is -2.49. The van der Waals surface area contributed by atoms with Crippen LogP contribution in [0.25, 0.3) is 0 Å². The van der Waals surface area contributed by atoms with Crippen molar-refractivity contribution in [1.82, 2.24) is 14.9 Å². The van der Waals surface area contributed by atoms with E-state index in [2.05, 4.69) is 35.8 Å². The first-order valence-corrected chi connectivity index (χ1v) is 8.60. The molecule has 3 rings (SSSR count). The van der Waals surface area contributed by atoms with Gasteiger partial charge in [-0.15, -0.1) is 0 Å². The summed E-state index contributed by atoms with van der Waals surface area (Å²) in [5, 5.41) is 3.85. The molecule has 1 saturated heterocycles. The van der Waals surface area contributed by atoms with E-state index in [0.29, 0.717) is 30.2 Å². The molecule has 2 fully saturated rings. The molecule has 0 radical (unpaired) electrons. The Kier molecular flexibility index (Phi) is 5.16. The summed E-state index contributed by atoms with van der Waals surface area (Å²) in [6.07, 6.45) is 9.14. The molecular formula is C17H29N3O2. The van der Waals surface area contributed by atoms with Gasteiger partial charge in [-0.25, -0.2) is 4.98 Å². The Morgan fingerprint density at radius 3 is 2.64 bits per heavy atom. The normalized spacial score (nSPS) is 27.8. The molecule has 1 aliphatic carbocycles. The summed E-state index contributed by atoms with van der Waals surface area (Å²) in [5.74, 6) is 1.76. The van der Waals surface area contributed by atoms with Crippen molar-refractivity contribution in [3.05, 3.63) is 18.2 Å². The monoisotopic (exact) mass is 307 g/mol. The van der Waals surface area contributed by atoms with Gasteiger partial charge in [0, 0.05) is 38.7 Å². The fourth-order valence-corrected chi connectivity index (χ4v) is 3.60.